The fourth-order valence-corrected chi connectivity index (χ4v) is 2.21. The molecule has 0 aromatic heterocycles. The van der Waals surface area contributed by atoms with Gasteiger partial charge in [-0.2, -0.15) is 5.26 Å². The third-order valence-electron chi connectivity index (χ3n) is 4.32. The van der Waals surface area contributed by atoms with Gasteiger partial charge in [-0.1, -0.05) is 58.6 Å². The Bertz CT molecular complexity index is 427. The van der Waals surface area contributed by atoms with Crippen LogP contribution in [0.4, 0.5) is 0 Å². The fraction of sp³-hybridized carbons (Fsp3) is 0.650. The summed E-state index contributed by atoms with van der Waals surface area (Å²) in [7, 11) is 0. The number of hydrogen-bond acceptors (Lipinski definition) is 3. The number of nitriles is 1. The van der Waals surface area contributed by atoms with Crippen molar-refractivity contribution in [3.05, 3.63) is 36.6 Å². The average Bonchev–Trinajstić information content (AvgIpc) is 2.49. The van der Waals surface area contributed by atoms with Crippen molar-refractivity contribution in [2.45, 2.75) is 47.5 Å². The van der Waals surface area contributed by atoms with Crippen molar-refractivity contribution < 1.29 is 0 Å². The molecule has 0 saturated carbocycles. The first-order valence-electron chi connectivity index (χ1n) is 8.65. The van der Waals surface area contributed by atoms with Gasteiger partial charge in [0, 0.05) is 31.1 Å². The van der Waals surface area contributed by atoms with E-state index in [-0.39, 0.29) is 11.3 Å². The van der Waals surface area contributed by atoms with Crippen LogP contribution in [0.3, 0.4) is 0 Å². The molecule has 0 rings (SSSR count). The molecule has 2 unspecified atom stereocenters. The molecule has 2 N–H and O–H groups in total. The lowest BCUT2D eigenvalue weighted by Gasteiger charge is -2.31. The molecule has 3 heteroatoms. The molecule has 0 aromatic carbocycles. The van der Waals surface area contributed by atoms with Crippen LogP contribution in [-0.2, 0) is 0 Å². The molecule has 0 aromatic rings. The largest absolute Gasteiger partial charge is 0.389 e. The molecule has 0 bridgehead atoms. The molecule has 0 aliphatic rings. The number of nitrogens with zero attached hydrogens (tertiary/aromatic N) is 1. The first kappa shape index (κ1) is 21.5. The predicted molar refractivity (Wildman–Crippen MR) is 101 cm³/mol. The minimum Gasteiger partial charge on any atom is -0.389 e. The van der Waals surface area contributed by atoms with Crippen LogP contribution in [0.25, 0.3) is 0 Å². The Morgan fingerprint density at radius 2 is 1.96 bits per heavy atom. The fourth-order valence-electron chi connectivity index (χ4n) is 2.21. The van der Waals surface area contributed by atoms with E-state index in [2.05, 4.69) is 69.2 Å². The molecule has 0 fully saturated rings. The average molecular weight is 318 g/mol. The molecule has 0 aliphatic carbocycles. The number of nitrogens with one attached hydrogen (secondary N) is 2. The lowest BCUT2D eigenvalue weighted by atomic mass is 9.76. The summed E-state index contributed by atoms with van der Waals surface area (Å²) >= 11 is 0. The zero-order valence-electron chi connectivity index (χ0n) is 15.7. The zero-order chi connectivity index (χ0) is 17.7. The molecular weight excluding hydrogens is 282 g/mol. The second kappa shape index (κ2) is 12.0. The maximum atomic E-state index is 8.90. The molecule has 0 radical (unpaired) electrons. The molecule has 3 nitrogen and oxygen atoms in total. The van der Waals surface area contributed by atoms with Gasteiger partial charge in [-0.15, -0.1) is 0 Å². The normalized spacial score (nSPS) is 14.8. The zero-order valence-corrected chi connectivity index (χ0v) is 15.7. The molecule has 130 valence electrons. The van der Waals surface area contributed by atoms with Gasteiger partial charge in [0.1, 0.15) is 0 Å². The summed E-state index contributed by atoms with van der Waals surface area (Å²) in [6.45, 7) is 17.7. The molecule has 0 spiro atoms. The van der Waals surface area contributed by atoms with Gasteiger partial charge in [-0.25, -0.2) is 0 Å². The van der Waals surface area contributed by atoms with Crippen LogP contribution >= 0.6 is 0 Å². The van der Waals surface area contributed by atoms with Gasteiger partial charge >= 0.3 is 0 Å². The lowest BCUT2D eigenvalue weighted by molar-refractivity contribution is 0.263. The second-order valence-corrected chi connectivity index (χ2v) is 6.94. The van der Waals surface area contributed by atoms with Gasteiger partial charge < -0.3 is 10.6 Å². The lowest BCUT2D eigenvalue weighted by Crippen LogP contribution is -2.31. The maximum Gasteiger partial charge on any atom is 0.0627 e. The topological polar surface area (TPSA) is 47.8 Å². The third kappa shape index (κ3) is 9.97. The van der Waals surface area contributed by atoms with E-state index in [9.17, 15) is 0 Å². The van der Waals surface area contributed by atoms with Crippen LogP contribution in [-0.4, -0.2) is 19.6 Å². The van der Waals surface area contributed by atoms with E-state index >= 15 is 0 Å². The molecule has 23 heavy (non-hydrogen) atoms. The van der Waals surface area contributed by atoms with Crippen molar-refractivity contribution in [2.24, 2.45) is 17.3 Å². The van der Waals surface area contributed by atoms with E-state index in [0.29, 0.717) is 12.3 Å². The van der Waals surface area contributed by atoms with Crippen LogP contribution < -0.4 is 10.6 Å². The highest BCUT2D eigenvalue weighted by atomic mass is 14.9. The standard InChI is InChI=1S/C20H35N3/c1-7-8-9-11-17(2)16-22-14-10-15-23-19(4)18(3)20(5,6)12-13-21/h7-9,11,17-18,22-23H,4,10,12,14-16H2,1-3,5-6H3/b8-7-,11-9-. The van der Waals surface area contributed by atoms with Gasteiger partial charge in [0.05, 0.1) is 6.07 Å². The highest BCUT2D eigenvalue weighted by Crippen LogP contribution is 2.33. The molecule has 0 aliphatic heterocycles. The van der Waals surface area contributed by atoms with Crippen molar-refractivity contribution in [3.63, 3.8) is 0 Å². The molecular formula is C20H35N3. The van der Waals surface area contributed by atoms with E-state index in [1.165, 1.54) is 0 Å². The number of allylic oxidation sites excluding steroid dienone is 4. The summed E-state index contributed by atoms with van der Waals surface area (Å²) in [5.74, 6) is 0.827. The summed E-state index contributed by atoms with van der Waals surface area (Å²) in [5.41, 5.74) is 0.999. The Labute approximate surface area is 143 Å². The Balaban J connectivity index is 3.84. The van der Waals surface area contributed by atoms with Crippen LogP contribution in [0.2, 0.25) is 0 Å². The van der Waals surface area contributed by atoms with Crippen LogP contribution in [0, 0.1) is 28.6 Å². The highest BCUT2D eigenvalue weighted by molar-refractivity contribution is 5.04. The molecule has 0 heterocycles. The van der Waals surface area contributed by atoms with Crippen LogP contribution in [0.15, 0.2) is 36.6 Å². The highest BCUT2D eigenvalue weighted by Gasteiger charge is 2.27. The Morgan fingerprint density at radius 3 is 2.57 bits per heavy atom. The summed E-state index contributed by atoms with van der Waals surface area (Å²) in [6.07, 6.45) is 10.0. The molecule has 0 saturated heterocycles. The van der Waals surface area contributed by atoms with E-state index in [0.717, 1.165) is 31.8 Å². The predicted octanol–water partition coefficient (Wildman–Crippen LogP) is 4.41. The summed E-state index contributed by atoms with van der Waals surface area (Å²) < 4.78 is 0. The van der Waals surface area contributed by atoms with E-state index in [1.807, 2.05) is 13.0 Å². The van der Waals surface area contributed by atoms with Crippen molar-refractivity contribution >= 4 is 0 Å². The van der Waals surface area contributed by atoms with Gasteiger partial charge in [-0.3, -0.25) is 0 Å². The Morgan fingerprint density at radius 1 is 1.26 bits per heavy atom. The van der Waals surface area contributed by atoms with Crippen molar-refractivity contribution in [3.8, 4) is 6.07 Å². The van der Waals surface area contributed by atoms with E-state index in [1.54, 1.807) is 0 Å². The number of hydrogen-bond donors (Lipinski definition) is 2. The SMILES string of the molecule is C=C(NCCCNCC(C)/C=C\C=C/C)C(C)C(C)(C)CC#N. The van der Waals surface area contributed by atoms with Crippen molar-refractivity contribution in [1.82, 2.24) is 10.6 Å². The smallest absolute Gasteiger partial charge is 0.0627 e. The van der Waals surface area contributed by atoms with E-state index < -0.39 is 0 Å². The molecule has 2 atom stereocenters. The Hall–Kier alpha value is -1.53. The quantitative estimate of drug-likeness (QED) is 0.414. The minimum atomic E-state index is -0.0359. The van der Waals surface area contributed by atoms with Crippen LogP contribution in [0.1, 0.15) is 47.5 Å². The number of rotatable bonds is 12. The van der Waals surface area contributed by atoms with E-state index in [4.69, 9.17) is 5.26 Å². The van der Waals surface area contributed by atoms with Crippen LogP contribution in [0.5, 0.6) is 0 Å². The molecule has 0 amide bonds. The Kier molecular flexibility index (Phi) is 11.2. The first-order chi connectivity index (χ1) is 10.8. The van der Waals surface area contributed by atoms with Crippen molar-refractivity contribution in [2.75, 3.05) is 19.6 Å². The van der Waals surface area contributed by atoms with Crippen molar-refractivity contribution in [1.29, 1.82) is 5.26 Å². The monoisotopic (exact) mass is 317 g/mol. The first-order valence-corrected chi connectivity index (χ1v) is 8.65. The second-order valence-electron chi connectivity index (χ2n) is 6.94. The van der Waals surface area contributed by atoms with Gasteiger partial charge in [0.25, 0.3) is 0 Å². The third-order valence-corrected chi connectivity index (χ3v) is 4.32. The van der Waals surface area contributed by atoms with Gasteiger partial charge in [-0.05, 0) is 31.2 Å². The summed E-state index contributed by atoms with van der Waals surface area (Å²) in [5, 5.41) is 15.8. The summed E-state index contributed by atoms with van der Waals surface area (Å²) in [6, 6.07) is 2.27. The maximum absolute atomic E-state index is 8.90. The van der Waals surface area contributed by atoms with Gasteiger partial charge in [0.15, 0.2) is 0 Å². The summed E-state index contributed by atoms with van der Waals surface area (Å²) in [4.78, 5) is 0. The van der Waals surface area contributed by atoms with Gasteiger partial charge in [0.2, 0.25) is 0 Å². The minimum absolute atomic E-state index is 0.0359.